The van der Waals surface area contributed by atoms with E-state index in [0.717, 1.165) is 19.1 Å². The van der Waals surface area contributed by atoms with Crippen LogP contribution in [-0.2, 0) is 4.74 Å². The molecule has 0 bridgehead atoms. The van der Waals surface area contributed by atoms with Crippen LogP contribution in [0.15, 0.2) is 42.5 Å². The summed E-state index contributed by atoms with van der Waals surface area (Å²) in [5, 5.41) is 4.98. The van der Waals surface area contributed by atoms with Crippen LogP contribution < -0.4 is 16.4 Å². The topological polar surface area (TPSA) is 89.3 Å². The maximum absolute atomic E-state index is 14.5. The van der Waals surface area contributed by atoms with Gasteiger partial charge in [0, 0.05) is 17.4 Å². The Morgan fingerprint density at radius 3 is 2.67 bits per heavy atom. The van der Waals surface area contributed by atoms with E-state index in [1.165, 1.54) is 18.3 Å². The Labute approximate surface area is 178 Å². The number of carbonyl (C=O) groups is 1. The molecule has 0 spiro atoms. The van der Waals surface area contributed by atoms with Crippen LogP contribution in [-0.4, -0.2) is 22.7 Å². The van der Waals surface area contributed by atoms with Crippen molar-refractivity contribution in [3.63, 3.8) is 0 Å². The number of rotatable bonds is 3. The molecule has 2 heterocycles. The van der Waals surface area contributed by atoms with Crippen molar-refractivity contribution >= 4 is 34.8 Å². The number of amides is 1. The number of pyridine rings is 1. The molecular weight excluding hydrogens is 451 g/mol. The second kappa shape index (κ2) is 7.84. The first-order chi connectivity index (χ1) is 13.9. The van der Waals surface area contributed by atoms with Crippen LogP contribution in [0, 0.1) is 5.82 Å². The van der Waals surface area contributed by atoms with Gasteiger partial charge in [-0.25, -0.2) is 9.37 Å². The zero-order valence-electron chi connectivity index (χ0n) is 15.2. The second-order valence-electron chi connectivity index (χ2n) is 6.55. The van der Waals surface area contributed by atoms with Crippen molar-refractivity contribution in [3.8, 4) is 0 Å². The van der Waals surface area contributed by atoms with E-state index in [1.807, 2.05) is 0 Å². The standard InChI is InChI=1S/C18H14Cl2F4N4O2/c1-17(18(22,23)24)15(28-13(25)7-30-17)10-5-9(2-3-12(10)21)27-16(29)14-11(20)4-8(19)6-26-14/h2-7,15,28H,25H2,1H3,(H,27,29)/t15-,17-/m1/s1. The van der Waals surface area contributed by atoms with Gasteiger partial charge >= 0.3 is 6.18 Å². The Hall–Kier alpha value is -2.72. The number of aromatic nitrogens is 1. The van der Waals surface area contributed by atoms with Gasteiger partial charge in [-0.05, 0) is 31.2 Å². The molecular formula is C18H14Cl2F4N4O2. The molecule has 1 aliphatic rings. The maximum atomic E-state index is 14.5. The number of benzene rings is 1. The van der Waals surface area contributed by atoms with Crippen molar-refractivity contribution in [2.75, 3.05) is 5.32 Å². The SMILES string of the molecule is C[C@@]1(C(F)(F)F)OC=C(N)N[C@@H]1c1cc(NC(=O)c2ncc(Cl)cc2Cl)ccc1F. The summed E-state index contributed by atoms with van der Waals surface area (Å²) in [5.74, 6) is -1.94. The third kappa shape index (κ3) is 4.10. The van der Waals surface area contributed by atoms with Crippen molar-refractivity contribution in [1.82, 2.24) is 10.3 Å². The van der Waals surface area contributed by atoms with Gasteiger partial charge in [-0.3, -0.25) is 4.79 Å². The summed E-state index contributed by atoms with van der Waals surface area (Å²) in [5.41, 5.74) is 2.13. The second-order valence-corrected chi connectivity index (χ2v) is 7.39. The van der Waals surface area contributed by atoms with Crippen LogP contribution in [0.2, 0.25) is 10.0 Å². The van der Waals surface area contributed by atoms with Crippen LogP contribution in [0.4, 0.5) is 23.2 Å². The number of hydrogen-bond donors (Lipinski definition) is 3. The first-order valence-corrected chi connectivity index (χ1v) is 9.06. The van der Waals surface area contributed by atoms with E-state index >= 15 is 0 Å². The fourth-order valence-corrected chi connectivity index (χ4v) is 3.28. The Bertz CT molecular complexity index is 1030. The average molecular weight is 465 g/mol. The highest BCUT2D eigenvalue weighted by molar-refractivity contribution is 6.36. The molecule has 0 aliphatic carbocycles. The van der Waals surface area contributed by atoms with Crippen LogP contribution in [0.5, 0.6) is 0 Å². The van der Waals surface area contributed by atoms with Crippen molar-refractivity contribution < 1.29 is 27.1 Å². The van der Waals surface area contributed by atoms with Gasteiger partial charge in [0.1, 0.15) is 29.6 Å². The first kappa shape index (κ1) is 22.0. The molecule has 1 aliphatic heterocycles. The molecule has 0 radical (unpaired) electrons. The molecule has 1 amide bonds. The molecule has 3 rings (SSSR count). The Morgan fingerprint density at radius 1 is 1.33 bits per heavy atom. The summed E-state index contributed by atoms with van der Waals surface area (Å²) < 4.78 is 60.3. The Morgan fingerprint density at radius 2 is 2.03 bits per heavy atom. The summed E-state index contributed by atoms with van der Waals surface area (Å²) in [4.78, 5) is 16.2. The van der Waals surface area contributed by atoms with Crippen LogP contribution in [0.3, 0.4) is 0 Å². The third-order valence-electron chi connectivity index (χ3n) is 4.44. The zero-order chi connectivity index (χ0) is 22.3. The summed E-state index contributed by atoms with van der Waals surface area (Å²) in [6.07, 6.45) is -2.96. The zero-order valence-corrected chi connectivity index (χ0v) is 16.7. The van der Waals surface area contributed by atoms with Crippen molar-refractivity contribution in [3.05, 3.63) is 69.7 Å². The van der Waals surface area contributed by atoms with Gasteiger partial charge in [0.2, 0.25) is 5.60 Å². The number of carbonyl (C=O) groups excluding carboxylic acids is 1. The smallest absolute Gasteiger partial charge is 0.430 e. The Balaban J connectivity index is 1.96. The lowest BCUT2D eigenvalue weighted by atomic mass is 9.87. The minimum absolute atomic E-state index is 0.00339. The molecule has 12 heteroatoms. The highest BCUT2D eigenvalue weighted by Crippen LogP contribution is 2.45. The van der Waals surface area contributed by atoms with Gasteiger partial charge in [-0.1, -0.05) is 23.2 Å². The van der Waals surface area contributed by atoms with Gasteiger partial charge in [-0.15, -0.1) is 0 Å². The van der Waals surface area contributed by atoms with Gasteiger partial charge in [0.25, 0.3) is 5.91 Å². The predicted molar refractivity (Wildman–Crippen MR) is 102 cm³/mol. The molecule has 4 N–H and O–H groups in total. The summed E-state index contributed by atoms with van der Waals surface area (Å²) in [7, 11) is 0. The molecule has 0 fully saturated rings. The normalized spacial score (nSPS) is 21.3. The van der Waals surface area contributed by atoms with E-state index in [2.05, 4.69) is 15.6 Å². The number of nitrogens with zero attached hydrogens (tertiary/aromatic N) is 1. The van der Waals surface area contributed by atoms with E-state index in [4.69, 9.17) is 33.7 Å². The lowest BCUT2D eigenvalue weighted by molar-refractivity contribution is -0.269. The minimum Gasteiger partial charge on any atom is -0.479 e. The molecule has 2 atom stereocenters. The van der Waals surface area contributed by atoms with Gasteiger partial charge in [0.15, 0.2) is 0 Å². The molecule has 30 heavy (non-hydrogen) atoms. The number of halogens is 6. The summed E-state index contributed by atoms with van der Waals surface area (Å²) in [6.45, 7) is 0.760. The largest absolute Gasteiger partial charge is 0.479 e. The summed E-state index contributed by atoms with van der Waals surface area (Å²) >= 11 is 11.7. The molecule has 0 saturated carbocycles. The lowest BCUT2D eigenvalue weighted by Crippen LogP contribution is -2.56. The number of nitrogens with two attached hydrogens (primary N) is 1. The van der Waals surface area contributed by atoms with E-state index in [-0.39, 0.29) is 27.2 Å². The predicted octanol–water partition coefficient (Wildman–Crippen LogP) is 4.52. The van der Waals surface area contributed by atoms with Crippen molar-refractivity contribution in [2.24, 2.45) is 5.73 Å². The number of ether oxygens (including phenoxy) is 1. The van der Waals surface area contributed by atoms with Crippen LogP contribution >= 0.6 is 23.2 Å². The fraction of sp³-hybridized carbons (Fsp3) is 0.222. The van der Waals surface area contributed by atoms with E-state index in [9.17, 15) is 22.4 Å². The average Bonchev–Trinajstić information content (AvgIpc) is 2.64. The van der Waals surface area contributed by atoms with Crippen molar-refractivity contribution in [1.29, 1.82) is 0 Å². The number of nitrogens with one attached hydrogen (secondary N) is 2. The Kier molecular flexibility index (Phi) is 5.74. The molecule has 0 saturated heterocycles. The maximum Gasteiger partial charge on any atom is 0.430 e. The number of hydrogen-bond acceptors (Lipinski definition) is 5. The molecule has 2 aromatic rings. The van der Waals surface area contributed by atoms with Crippen LogP contribution in [0.1, 0.15) is 29.0 Å². The molecule has 1 aromatic heterocycles. The first-order valence-electron chi connectivity index (χ1n) is 8.31. The minimum atomic E-state index is -4.87. The van der Waals surface area contributed by atoms with E-state index in [1.54, 1.807) is 0 Å². The monoisotopic (exact) mass is 464 g/mol. The van der Waals surface area contributed by atoms with E-state index in [0.29, 0.717) is 6.26 Å². The molecule has 160 valence electrons. The van der Waals surface area contributed by atoms with Gasteiger partial charge in [-0.2, -0.15) is 13.2 Å². The third-order valence-corrected chi connectivity index (χ3v) is 4.94. The fourth-order valence-electron chi connectivity index (χ4n) is 2.81. The number of alkyl halides is 3. The molecule has 0 unspecified atom stereocenters. The number of anilines is 1. The van der Waals surface area contributed by atoms with Gasteiger partial charge in [0.05, 0.1) is 10.0 Å². The highest BCUT2D eigenvalue weighted by Gasteiger charge is 2.60. The van der Waals surface area contributed by atoms with E-state index < -0.39 is 35.1 Å². The van der Waals surface area contributed by atoms with Crippen LogP contribution in [0.25, 0.3) is 0 Å². The quantitative estimate of drug-likeness (QED) is 0.581. The summed E-state index contributed by atoms with van der Waals surface area (Å²) in [6, 6.07) is 2.70. The highest BCUT2D eigenvalue weighted by atomic mass is 35.5. The van der Waals surface area contributed by atoms with Gasteiger partial charge < -0.3 is 21.1 Å². The lowest BCUT2D eigenvalue weighted by Gasteiger charge is -2.42. The molecule has 1 aromatic carbocycles. The molecule has 6 nitrogen and oxygen atoms in total. The van der Waals surface area contributed by atoms with Crippen molar-refractivity contribution in [2.45, 2.75) is 24.7 Å².